The minimum atomic E-state index is -0.873. The van der Waals surface area contributed by atoms with Gasteiger partial charge >= 0.3 is 5.97 Å². The smallest absolute Gasteiger partial charge is 0.311 e. The Morgan fingerprint density at radius 2 is 2.53 bits per heavy atom. The van der Waals surface area contributed by atoms with Crippen LogP contribution in [0.1, 0.15) is 36.2 Å². The molecule has 1 aliphatic heterocycles. The molecule has 0 radical (unpaired) electrons. The Bertz CT molecular complexity index is 367. The molecule has 2 N–H and O–H groups in total. The van der Waals surface area contributed by atoms with Crippen LogP contribution in [0.15, 0.2) is 0 Å². The van der Waals surface area contributed by atoms with Crippen LogP contribution in [0, 0.1) is 6.92 Å². The van der Waals surface area contributed by atoms with Gasteiger partial charge in [-0.2, -0.15) is 0 Å². The van der Waals surface area contributed by atoms with E-state index in [-0.39, 0.29) is 12.5 Å². The van der Waals surface area contributed by atoms with Crippen LogP contribution < -0.4 is 0 Å². The lowest BCUT2D eigenvalue weighted by molar-refractivity contribution is -0.136. The van der Waals surface area contributed by atoms with Crippen molar-refractivity contribution < 1.29 is 14.6 Å². The highest BCUT2D eigenvalue weighted by molar-refractivity contribution is 5.69. The first-order chi connectivity index (χ1) is 7.16. The van der Waals surface area contributed by atoms with Crippen molar-refractivity contribution in [2.24, 2.45) is 0 Å². The maximum absolute atomic E-state index is 10.5. The van der Waals surface area contributed by atoms with Gasteiger partial charge in [-0.05, 0) is 19.8 Å². The highest BCUT2D eigenvalue weighted by atomic mass is 16.5. The number of aromatic amines is 1. The van der Waals surface area contributed by atoms with Crippen LogP contribution in [0.5, 0.6) is 0 Å². The minimum Gasteiger partial charge on any atom is -0.481 e. The summed E-state index contributed by atoms with van der Waals surface area (Å²) in [5.74, 6) is -0.367. The standard InChI is InChI=1S/C10H14N2O3/c1-6-10(7-3-2-4-15-7)12-8(11-6)5-9(13)14/h7H,2-5H2,1H3,(H,11,12)(H,13,14). The molecule has 5 nitrogen and oxygen atoms in total. The maximum atomic E-state index is 10.5. The number of imidazole rings is 1. The fourth-order valence-electron chi connectivity index (χ4n) is 1.87. The molecule has 5 heteroatoms. The van der Waals surface area contributed by atoms with Gasteiger partial charge in [0, 0.05) is 12.3 Å². The Labute approximate surface area is 87.5 Å². The van der Waals surface area contributed by atoms with E-state index in [1.807, 2.05) is 6.92 Å². The number of hydrogen-bond donors (Lipinski definition) is 2. The van der Waals surface area contributed by atoms with Crippen molar-refractivity contribution in [2.75, 3.05) is 6.61 Å². The summed E-state index contributed by atoms with van der Waals surface area (Å²) in [6.45, 7) is 2.67. The second-order valence-corrected chi connectivity index (χ2v) is 3.77. The number of rotatable bonds is 3. The first-order valence-electron chi connectivity index (χ1n) is 5.05. The lowest BCUT2D eigenvalue weighted by Crippen LogP contribution is -2.02. The Morgan fingerprint density at radius 1 is 1.73 bits per heavy atom. The number of aryl methyl sites for hydroxylation is 1. The van der Waals surface area contributed by atoms with E-state index in [1.165, 1.54) is 0 Å². The van der Waals surface area contributed by atoms with Gasteiger partial charge in [0.15, 0.2) is 0 Å². The molecule has 2 rings (SSSR count). The van der Waals surface area contributed by atoms with Crippen molar-refractivity contribution in [3.05, 3.63) is 17.2 Å². The lowest BCUT2D eigenvalue weighted by Gasteiger charge is -2.05. The summed E-state index contributed by atoms with van der Waals surface area (Å²) in [4.78, 5) is 17.8. The molecule has 1 atom stereocenters. The topological polar surface area (TPSA) is 75.2 Å². The van der Waals surface area contributed by atoms with E-state index in [4.69, 9.17) is 9.84 Å². The lowest BCUT2D eigenvalue weighted by atomic mass is 10.1. The van der Waals surface area contributed by atoms with Gasteiger partial charge in [-0.1, -0.05) is 0 Å². The quantitative estimate of drug-likeness (QED) is 0.786. The van der Waals surface area contributed by atoms with E-state index in [0.717, 1.165) is 30.8 Å². The Kier molecular flexibility index (Phi) is 2.73. The molecular formula is C10H14N2O3. The molecule has 1 fully saturated rings. The van der Waals surface area contributed by atoms with Gasteiger partial charge in [0.1, 0.15) is 18.3 Å². The van der Waals surface area contributed by atoms with Gasteiger partial charge in [0.25, 0.3) is 0 Å². The first kappa shape index (κ1) is 10.2. The van der Waals surface area contributed by atoms with Gasteiger partial charge in [-0.15, -0.1) is 0 Å². The van der Waals surface area contributed by atoms with E-state index in [0.29, 0.717) is 5.82 Å². The zero-order valence-electron chi connectivity index (χ0n) is 8.62. The van der Waals surface area contributed by atoms with Gasteiger partial charge in [0.2, 0.25) is 0 Å². The molecule has 1 aromatic rings. The van der Waals surface area contributed by atoms with Crippen molar-refractivity contribution in [2.45, 2.75) is 32.3 Å². The molecule has 1 aromatic heterocycles. The molecule has 0 spiro atoms. The number of ether oxygens (including phenoxy) is 1. The highest BCUT2D eigenvalue weighted by Gasteiger charge is 2.23. The summed E-state index contributed by atoms with van der Waals surface area (Å²) in [5.41, 5.74) is 1.78. The molecule has 2 heterocycles. The summed E-state index contributed by atoms with van der Waals surface area (Å²) >= 11 is 0. The monoisotopic (exact) mass is 210 g/mol. The molecule has 0 amide bonds. The van der Waals surface area contributed by atoms with Crippen molar-refractivity contribution in [3.63, 3.8) is 0 Å². The second-order valence-electron chi connectivity index (χ2n) is 3.77. The molecule has 1 aliphatic rings. The summed E-state index contributed by atoms with van der Waals surface area (Å²) in [7, 11) is 0. The summed E-state index contributed by atoms with van der Waals surface area (Å²) in [6.07, 6.45) is 2.00. The van der Waals surface area contributed by atoms with Crippen LogP contribution in [0.2, 0.25) is 0 Å². The zero-order valence-corrected chi connectivity index (χ0v) is 8.62. The Hall–Kier alpha value is -1.36. The Morgan fingerprint density at radius 3 is 3.13 bits per heavy atom. The third kappa shape index (κ3) is 2.18. The van der Waals surface area contributed by atoms with Crippen molar-refractivity contribution >= 4 is 5.97 Å². The summed E-state index contributed by atoms with van der Waals surface area (Å²) in [6, 6.07) is 0. The van der Waals surface area contributed by atoms with E-state index >= 15 is 0 Å². The highest BCUT2D eigenvalue weighted by Crippen LogP contribution is 2.29. The normalized spacial score (nSPS) is 20.7. The third-order valence-corrected chi connectivity index (χ3v) is 2.52. The number of aromatic nitrogens is 2. The van der Waals surface area contributed by atoms with Crippen LogP contribution in [0.3, 0.4) is 0 Å². The molecule has 1 unspecified atom stereocenters. The van der Waals surface area contributed by atoms with Crippen molar-refractivity contribution in [1.29, 1.82) is 0 Å². The average Bonchev–Trinajstić information content (AvgIpc) is 2.72. The predicted molar refractivity (Wildman–Crippen MR) is 52.6 cm³/mol. The van der Waals surface area contributed by atoms with E-state index < -0.39 is 5.97 Å². The van der Waals surface area contributed by atoms with E-state index in [2.05, 4.69) is 9.97 Å². The van der Waals surface area contributed by atoms with Gasteiger partial charge in [0.05, 0.1) is 5.69 Å². The zero-order chi connectivity index (χ0) is 10.8. The third-order valence-electron chi connectivity index (χ3n) is 2.52. The SMILES string of the molecule is Cc1[nH]c(CC(=O)O)nc1C1CCCO1. The number of aliphatic carboxylic acids is 1. The maximum Gasteiger partial charge on any atom is 0.311 e. The molecule has 1 saturated heterocycles. The average molecular weight is 210 g/mol. The predicted octanol–water partition coefficient (Wildman–Crippen LogP) is 1.20. The largest absolute Gasteiger partial charge is 0.481 e. The number of hydrogen-bond acceptors (Lipinski definition) is 3. The second kappa shape index (κ2) is 4.02. The van der Waals surface area contributed by atoms with Crippen LogP contribution >= 0.6 is 0 Å². The minimum absolute atomic E-state index is 0.0452. The van der Waals surface area contributed by atoms with E-state index in [9.17, 15) is 4.79 Å². The van der Waals surface area contributed by atoms with Crippen molar-refractivity contribution in [3.8, 4) is 0 Å². The van der Waals surface area contributed by atoms with Gasteiger partial charge in [-0.25, -0.2) is 4.98 Å². The number of nitrogens with zero attached hydrogens (tertiary/aromatic N) is 1. The fourth-order valence-corrected chi connectivity index (χ4v) is 1.87. The molecule has 0 bridgehead atoms. The van der Waals surface area contributed by atoms with Crippen LogP contribution in [-0.2, 0) is 16.0 Å². The Balaban J connectivity index is 2.17. The van der Waals surface area contributed by atoms with Gasteiger partial charge < -0.3 is 14.8 Å². The number of nitrogens with one attached hydrogen (secondary N) is 1. The van der Waals surface area contributed by atoms with Gasteiger partial charge in [-0.3, -0.25) is 4.79 Å². The molecule has 0 saturated carbocycles. The molecule has 15 heavy (non-hydrogen) atoms. The van der Waals surface area contributed by atoms with Crippen molar-refractivity contribution in [1.82, 2.24) is 9.97 Å². The molecule has 82 valence electrons. The molecule has 0 aliphatic carbocycles. The van der Waals surface area contributed by atoms with Crippen LogP contribution in [-0.4, -0.2) is 27.7 Å². The number of H-pyrrole nitrogens is 1. The fraction of sp³-hybridized carbons (Fsp3) is 0.600. The number of carboxylic acid groups (broad SMARTS) is 1. The summed E-state index contributed by atoms with van der Waals surface area (Å²) in [5, 5.41) is 8.64. The van der Waals surface area contributed by atoms with Crippen LogP contribution in [0.4, 0.5) is 0 Å². The number of carboxylic acids is 1. The summed E-state index contributed by atoms with van der Waals surface area (Å²) < 4.78 is 5.51. The molecular weight excluding hydrogens is 196 g/mol. The molecule has 0 aromatic carbocycles. The van der Waals surface area contributed by atoms with E-state index in [1.54, 1.807) is 0 Å². The number of carbonyl (C=O) groups is 1. The van der Waals surface area contributed by atoms with Crippen LogP contribution in [0.25, 0.3) is 0 Å². The first-order valence-corrected chi connectivity index (χ1v) is 5.05.